The van der Waals surface area contributed by atoms with Crippen LogP contribution in [0.2, 0.25) is 0 Å². The molecule has 9 nitrogen and oxygen atoms in total. The van der Waals surface area contributed by atoms with E-state index >= 15 is 0 Å². The van der Waals surface area contributed by atoms with Gasteiger partial charge in [-0.3, -0.25) is 9.59 Å². The molecule has 0 heterocycles. The summed E-state index contributed by atoms with van der Waals surface area (Å²) in [6.45, 7) is -0.314. The zero-order chi connectivity index (χ0) is 22.1. The summed E-state index contributed by atoms with van der Waals surface area (Å²) in [7, 11) is 3.15. The number of amides is 2. The predicted molar refractivity (Wildman–Crippen MR) is 115 cm³/mol. The molecule has 0 radical (unpaired) electrons. The third-order valence-corrected chi connectivity index (χ3v) is 3.78. The van der Waals surface area contributed by atoms with Crippen LogP contribution in [-0.4, -0.2) is 49.3 Å². The minimum absolute atomic E-state index is 0.0932. The van der Waals surface area contributed by atoms with Gasteiger partial charge >= 0.3 is 5.97 Å². The topological polar surface area (TPSA) is 140 Å². The second-order valence-corrected chi connectivity index (χ2v) is 6.39. The number of carbonyl (C=O) groups is 3. The van der Waals surface area contributed by atoms with Gasteiger partial charge in [0.2, 0.25) is 0 Å². The highest BCUT2D eigenvalue weighted by Gasteiger charge is 2.08. The molecule has 0 bridgehead atoms. The maximum absolute atomic E-state index is 12.4. The van der Waals surface area contributed by atoms with Crippen molar-refractivity contribution in [2.24, 2.45) is 16.5 Å². The number of hydrogen-bond acceptors (Lipinski definition) is 5. The zero-order valence-corrected chi connectivity index (χ0v) is 16.7. The SMILES string of the molecule is CN(C)C(=O)COC(=O)/C=C/c1ccc(NC(=O)c2cccc(N=C(N)N)c2)cc1. The van der Waals surface area contributed by atoms with Gasteiger partial charge in [0.05, 0.1) is 5.69 Å². The minimum atomic E-state index is -0.622. The molecule has 5 N–H and O–H groups in total. The quantitative estimate of drug-likeness (QED) is 0.274. The highest BCUT2D eigenvalue weighted by atomic mass is 16.5. The van der Waals surface area contributed by atoms with E-state index in [9.17, 15) is 14.4 Å². The maximum atomic E-state index is 12.4. The van der Waals surface area contributed by atoms with Gasteiger partial charge in [-0.05, 0) is 42.0 Å². The summed E-state index contributed by atoms with van der Waals surface area (Å²) in [5.41, 5.74) is 12.9. The van der Waals surface area contributed by atoms with Crippen molar-refractivity contribution in [1.82, 2.24) is 4.90 Å². The molecule has 0 atom stereocenters. The van der Waals surface area contributed by atoms with Crippen molar-refractivity contribution in [2.75, 3.05) is 26.0 Å². The lowest BCUT2D eigenvalue weighted by Crippen LogP contribution is -2.27. The van der Waals surface area contributed by atoms with Crippen LogP contribution in [0.25, 0.3) is 6.08 Å². The molecule has 0 unspecified atom stereocenters. The lowest BCUT2D eigenvalue weighted by atomic mass is 10.1. The average molecular weight is 409 g/mol. The summed E-state index contributed by atoms with van der Waals surface area (Å²) in [6.07, 6.45) is 2.78. The summed E-state index contributed by atoms with van der Waals surface area (Å²) in [5, 5.41) is 2.77. The lowest BCUT2D eigenvalue weighted by molar-refractivity contribution is -0.146. The Bertz CT molecular complexity index is 977. The average Bonchev–Trinajstić information content (AvgIpc) is 2.71. The van der Waals surface area contributed by atoms with Crippen molar-refractivity contribution in [1.29, 1.82) is 0 Å². The van der Waals surface area contributed by atoms with Gasteiger partial charge in [0, 0.05) is 31.4 Å². The fourth-order valence-electron chi connectivity index (χ4n) is 2.22. The Hall–Kier alpha value is -4.14. The van der Waals surface area contributed by atoms with E-state index in [2.05, 4.69) is 10.3 Å². The number of guanidine groups is 1. The zero-order valence-electron chi connectivity index (χ0n) is 16.7. The Morgan fingerprint density at radius 1 is 1.10 bits per heavy atom. The number of nitrogens with two attached hydrogens (primary N) is 2. The number of carbonyl (C=O) groups excluding carboxylic acids is 3. The molecule has 0 aromatic heterocycles. The van der Waals surface area contributed by atoms with Crippen molar-refractivity contribution in [3.63, 3.8) is 0 Å². The smallest absolute Gasteiger partial charge is 0.331 e. The fraction of sp³-hybridized carbons (Fsp3) is 0.143. The van der Waals surface area contributed by atoms with Crippen molar-refractivity contribution < 1.29 is 19.1 Å². The number of nitrogens with one attached hydrogen (secondary N) is 1. The molecule has 2 aromatic carbocycles. The van der Waals surface area contributed by atoms with E-state index < -0.39 is 5.97 Å². The van der Waals surface area contributed by atoms with Gasteiger partial charge < -0.3 is 26.4 Å². The van der Waals surface area contributed by atoms with Gasteiger partial charge in [0.1, 0.15) is 0 Å². The normalized spacial score (nSPS) is 10.3. The van der Waals surface area contributed by atoms with Crippen LogP contribution in [0.15, 0.2) is 59.6 Å². The number of rotatable bonds is 7. The number of likely N-dealkylation sites (N-methyl/N-ethyl adjacent to an activating group) is 1. The first-order valence-electron chi connectivity index (χ1n) is 8.90. The molecule has 0 aliphatic rings. The van der Waals surface area contributed by atoms with Crippen LogP contribution in [0.3, 0.4) is 0 Å². The van der Waals surface area contributed by atoms with E-state index in [0.717, 1.165) is 5.56 Å². The van der Waals surface area contributed by atoms with Gasteiger partial charge in [0.25, 0.3) is 11.8 Å². The minimum Gasteiger partial charge on any atom is -0.452 e. The largest absolute Gasteiger partial charge is 0.452 e. The summed E-state index contributed by atoms with van der Waals surface area (Å²) in [6, 6.07) is 13.4. The molecule has 0 saturated carbocycles. The van der Waals surface area contributed by atoms with E-state index in [4.69, 9.17) is 16.2 Å². The Balaban J connectivity index is 1.94. The number of benzene rings is 2. The molecule has 0 aliphatic carbocycles. The highest BCUT2D eigenvalue weighted by Crippen LogP contribution is 2.16. The van der Waals surface area contributed by atoms with Crippen LogP contribution < -0.4 is 16.8 Å². The molecule has 0 saturated heterocycles. The number of anilines is 1. The van der Waals surface area contributed by atoms with Gasteiger partial charge in [0.15, 0.2) is 12.6 Å². The number of aliphatic imine (C=N–C) groups is 1. The third kappa shape index (κ3) is 7.12. The van der Waals surface area contributed by atoms with E-state index in [-0.39, 0.29) is 24.4 Å². The molecule has 2 rings (SSSR count). The Kier molecular flexibility index (Phi) is 7.69. The van der Waals surface area contributed by atoms with E-state index in [1.54, 1.807) is 68.7 Å². The number of hydrogen-bond donors (Lipinski definition) is 3. The Morgan fingerprint density at radius 2 is 1.80 bits per heavy atom. The van der Waals surface area contributed by atoms with Crippen LogP contribution in [0.5, 0.6) is 0 Å². The molecule has 2 amide bonds. The number of ether oxygens (including phenoxy) is 1. The van der Waals surface area contributed by atoms with Gasteiger partial charge in [-0.2, -0.15) is 0 Å². The second kappa shape index (κ2) is 10.4. The van der Waals surface area contributed by atoms with Crippen molar-refractivity contribution >= 4 is 41.2 Å². The Morgan fingerprint density at radius 3 is 2.43 bits per heavy atom. The maximum Gasteiger partial charge on any atom is 0.331 e. The van der Waals surface area contributed by atoms with Crippen molar-refractivity contribution in [3.8, 4) is 0 Å². The number of esters is 1. The van der Waals surface area contributed by atoms with Crippen LogP contribution >= 0.6 is 0 Å². The predicted octanol–water partition coefficient (Wildman–Crippen LogP) is 1.49. The first-order valence-corrected chi connectivity index (χ1v) is 8.90. The van der Waals surface area contributed by atoms with Crippen molar-refractivity contribution in [3.05, 3.63) is 65.7 Å². The fourth-order valence-corrected chi connectivity index (χ4v) is 2.22. The molecular formula is C21H23N5O4. The van der Waals surface area contributed by atoms with Crippen LogP contribution in [0, 0.1) is 0 Å². The molecule has 156 valence electrons. The molecule has 0 aliphatic heterocycles. The molecule has 2 aromatic rings. The van der Waals surface area contributed by atoms with Crippen LogP contribution in [-0.2, 0) is 14.3 Å². The standard InChI is InChI=1S/C21H23N5O4/c1-26(2)18(27)13-30-19(28)11-8-14-6-9-16(10-7-14)24-20(29)15-4-3-5-17(12-15)25-21(22)23/h3-12H,13H2,1-2H3,(H,24,29)(H4,22,23,25)/b11-8+. The third-order valence-electron chi connectivity index (χ3n) is 3.78. The van der Waals surface area contributed by atoms with Crippen LogP contribution in [0.1, 0.15) is 15.9 Å². The Labute approximate surface area is 174 Å². The van der Waals surface area contributed by atoms with Crippen molar-refractivity contribution in [2.45, 2.75) is 0 Å². The van der Waals surface area contributed by atoms with E-state index in [1.165, 1.54) is 11.0 Å². The highest BCUT2D eigenvalue weighted by molar-refractivity contribution is 6.04. The van der Waals surface area contributed by atoms with Gasteiger partial charge in [-0.15, -0.1) is 0 Å². The summed E-state index contributed by atoms with van der Waals surface area (Å²) < 4.78 is 4.85. The van der Waals surface area contributed by atoms with Crippen LogP contribution in [0.4, 0.5) is 11.4 Å². The molecule has 30 heavy (non-hydrogen) atoms. The van der Waals surface area contributed by atoms with Gasteiger partial charge in [-0.25, -0.2) is 9.79 Å². The van der Waals surface area contributed by atoms with E-state index in [0.29, 0.717) is 16.9 Å². The van der Waals surface area contributed by atoms with Gasteiger partial charge in [-0.1, -0.05) is 18.2 Å². The lowest BCUT2D eigenvalue weighted by Gasteiger charge is -2.09. The summed E-state index contributed by atoms with van der Waals surface area (Å²) >= 11 is 0. The first-order chi connectivity index (χ1) is 14.2. The number of nitrogens with zero attached hydrogens (tertiary/aromatic N) is 2. The summed E-state index contributed by atoms with van der Waals surface area (Å²) in [5.74, 6) is -1.34. The van der Waals surface area contributed by atoms with E-state index in [1.807, 2.05) is 0 Å². The summed E-state index contributed by atoms with van der Waals surface area (Å²) in [4.78, 5) is 40.7. The monoisotopic (exact) mass is 409 g/mol. The molecule has 0 fully saturated rings. The molecule has 0 spiro atoms. The second-order valence-electron chi connectivity index (χ2n) is 6.39. The molecule has 9 heteroatoms. The first kappa shape index (κ1) is 22.2. The molecular weight excluding hydrogens is 386 g/mol.